The summed E-state index contributed by atoms with van der Waals surface area (Å²) in [6.45, 7) is 5.78. The summed E-state index contributed by atoms with van der Waals surface area (Å²) >= 11 is 11.9. The molecule has 0 saturated heterocycles. The first kappa shape index (κ1) is 12.3. The van der Waals surface area contributed by atoms with Gasteiger partial charge in [-0.25, -0.2) is 4.99 Å². The van der Waals surface area contributed by atoms with Crippen LogP contribution in [0, 0.1) is 0 Å². The van der Waals surface area contributed by atoms with Gasteiger partial charge in [-0.3, -0.25) is 0 Å². The topological polar surface area (TPSA) is 15.6 Å². The molecule has 1 aromatic carbocycles. The molecule has 0 bridgehead atoms. The van der Waals surface area contributed by atoms with E-state index in [1.807, 2.05) is 36.9 Å². The Morgan fingerprint density at radius 1 is 1.33 bits per heavy atom. The van der Waals surface area contributed by atoms with E-state index in [1.54, 1.807) is 6.07 Å². The van der Waals surface area contributed by atoms with Crippen LogP contribution in [-0.4, -0.2) is 23.3 Å². The van der Waals surface area contributed by atoms with Crippen molar-refractivity contribution in [2.45, 2.75) is 13.8 Å². The maximum absolute atomic E-state index is 6.07. The van der Waals surface area contributed by atoms with E-state index in [2.05, 4.69) is 4.99 Å². The molecule has 0 aliphatic rings. The highest BCUT2D eigenvalue weighted by atomic mass is 35.5. The zero-order valence-corrected chi connectivity index (χ0v) is 10.4. The molecule has 2 nitrogen and oxygen atoms in total. The Bertz CT molecular complexity index is 346. The fourth-order valence-electron chi connectivity index (χ4n) is 1.21. The molecule has 82 valence electrons. The molecular formula is C11H14Cl2N2. The molecule has 1 aromatic rings. The van der Waals surface area contributed by atoms with E-state index in [0.29, 0.717) is 10.3 Å². The van der Waals surface area contributed by atoms with Crippen molar-refractivity contribution < 1.29 is 0 Å². The summed E-state index contributed by atoms with van der Waals surface area (Å²) in [6.07, 6.45) is 0. The van der Waals surface area contributed by atoms with Crippen molar-refractivity contribution in [1.29, 1.82) is 0 Å². The summed E-state index contributed by atoms with van der Waals surface area (Å²) in [4.78, 5) is 6.26. The number of hydrogen-bond donors (Lipinski definition) is 0. The highest BCUT2D eigenvalue weighted by Gasteiger charge is 2.03. The first-order valence-electron chi connectivity index (χ1n) is 4.92. The number of benzene rings is 1. The molecule has 0 atom stereocenters. The number of halogens is 2. The predicted octanol–water partition coefficient (Wildman–Crippen LogP) is 3.91. The predicted molar refractivity (Wildman–Crippen MR) is 67.3 cm³/mol. The van der Waals surface area contributed by atoms with Crippen LogP contribution in [0.3, 0.4) is 0 Å². The first-order chi connectivity index (χ1) is 7.17. The van der Waals surface area contributed by atoms with Gasteiger partial charge in [0.05, 0.1) is 5.69 Å². The van der Waals surface area contributed by atoms with Gasteiger partial charge in [-0.05, 0) is 43.6 Å². The van der Waals surface area contributed by atoms with E-state index in [4.69, 9.17) is 23.2 Å². The minimum absolute atomic E-state index is 0.502. The smallest absolute Gasteiger partial charge is 0.199 e. The molecule has 0 aromatic heterocycles. The molecule has 0 radical (unpaired) electrons. The quantitative estimate of drug-likeness (QED) is 0.448. The largest absolute Gasteiger partial charge is 0.348 e. The van der Waals surface area contributed by atoms with Crippen LogP contribution in [0.25, 0.3) is 0 Å². The fraction of sp³-hybridized carbons (Fsp3) is 0.364. The number of rotatable bonds is 3. The molecule has 4 heteroatoms. The van der Waals surface area contributed by atoms with Crippen LogP contribution in [0.4, 0.5) is 5.69 Å². The lowest BCUT2D eigenvalue weighted by molar-refractivity contribution is 0.474. The summed E-state index contributed by atoms with van der Waals surface area (Å²) in [7, 11) is 0. The van der Waals surface area contributed by atoms with Crippen LogP contribution in [0.2, 0.25) is 5.02 Å². The Labute approximate surface area is 101 Å². The first-order valence-corrected chi connectivity index (χ1v) is 5.67. The molecule has 15 heavy (non-hydrogen) atoms. The Morgan fingerprint density at radius 3 is 2.53 bits per heavy atom. The molecule has 0 aliphatic carbocycles. The van der Waals surface area contributed by atoms with Crippen LogP contribution >= 0.6 is 23.2 Å². The average molecular weight is 245 g/mol. The molecule has 0 saturated carbocycles. The zero-order chi connectivity index (χ0) is 11.3. The third kappa shape index (κ3) is 3.73. The minimum atomic E-state index is 0.502. The SMILES string of the molecule is CCN(CC)C(Cl)=Nc1cccc(Cl)c1. The van der Waals surface area contributed by atoms with Crippen LogP contribution < -0.4 is 0 Å². The normalized spacial score (nSPS) is 11.6. The van der Waals surface area contributed by atoms with Crippen molar-refractivity contribution in [3.05, 3.63) is 29.3 Å². The molecule has 0 aliphatic heterocycles. The highest BCUT2D eigenvalue weighted by Crippen LogP contribution is 2.19. The van der Waals surface area contributed by atoms with Gasteiger partial charge in [-0.15, -0.1) is 0 Å². The average Bonchev–Trinajstić information content (AvgIpc) is 2.19. The van der Waals surface area contributed by atoms with Gasteiger partial charge in [-0.2, -0.15) is 0 Å². The van der Waals surface area contributed by atoms with E-state index in [0.717, 1.165) is 18.8 Å². The number of hydrogen-bond acceptors (Lipinski definition) is 1. The van der Waals surface area contributed by atoms with Gasteiger partial charge in [0.25, 0.3) is 0 Å². The lowest BCUT2D eigenvalue weighted by Crippen LogP contribution is -2.26. The number of nitrogens with zero attached hydrogens (tertiary/aromatic N) is 2. The Balaban J connectivity index is 2.86. The molecule has 1 rings (SSSR count). The third-order valence-corrected chi connectivity index (χ3v) is 2.61. The maximum Gasteiger partial charge on any atom is 0.199 e. The monoisotopic (exact) mass is 244 g/mol. The van der Waals surface area contributed by atoms with Crippen LogP contribution in [0.5, 0.6) is 0 Å². The van der Waals surface area contributed by atoms with Crippen molar-refractivity contribution in [2.75, 3.05) is 13.1 Å². The van der Waals surface area contributed by atoms with E-state index in [1.165, 1.54) is 0 Å². The molecule has 0 fully saturated rings. The fourth-order valence-corrected chi connectivity index (χ4v) is 1.73. The van der Waals surface area contributed by atoms with Crippen LogP contribution in [-0.2, 0) is 0 Å². The Morgan fingerprint density at radius 2 is 2.00 bits per heavy atom. The van der Waals surface area contributed by atoms with Gasteiger partial charge >= 0.3 is 0 Å². The number of aliphatic imine (C=N–C) groups is 1. The summed E-state index contributed by atoms with van der Waals surface area (Å²) in [5, 5.41) is 1.17. The van der Waals surface area contributed by atoms with Crippen molar-refractivity contribution in [3.8, 4) is 0 Å². The van der Waals surface area contributed by atoms with Crippen molar-refractivity contribution in [3.63, 3.8) is 0 Å². The second kappa shape index (κ2) is 5.99. The van der Waals surface area contributed by atoms with E-state index in [9.17, 15) is 0 Å². The molecule has 0 spiro atoms. The van der Waals surface area contributed by atoms with E-state index < -0.39 is 0 Å². The van der Waals surface area contributed by atoms with Gasteiger partial charge in [-0.1, -0.05) is 17.7 Å². The highest BCUT2D eigenvalue weighted by molar-refractivity contribution is 6.64. The second-order valence-electron chi connectivity index (χ2n) is 3.03. The van der Waals surface area contributed by atoms with Crippen LogP contribution in [0.15, 0.2) is 29.3 Å². The third-order valence-electron chi connectivity index (χ3n) is 2.05. The van der Waals surface area contributed by atoms with Crippen LogP contribution in [0.1, 0.15) is 13.8 Å². The van der Waals surface area contributed by atoms with Crippen molar-refractivity contribution in [2.24, 2.45) is 4.99 Å². The van der Waals surface area contributed by atoms with Gasteiger partial charge in [0.1, 0.15) is 0 Å². The minimum Gasteiger partial charge on any atom is -0.348 e. The summed E-state index contributed by atoms with van der Waals surface area (Å²) < 4.78 is 0. The molecule has 0 heterocycles. The van der Waals surface area contributed by atoms with Gasteiger partial charge in [0, 0.05) is 18.1 Å². The lowest BCUT2D eigenvalue weighted by Gasteiger charge is -2.17. The maximum atomic E-state index is 6.07. The molecule has 0 amide bonds. The molecular weight excluding hydrogens is 231 g/mol. The zero-order valence-electron chi connectivity index (χ0n) is 8.87. The Hall–Kier alpha value is -0.730. The molecule has 0 N–H and O–H groups in total. The van der Waals surface area contributed by atoms with Crippen molar-refractivity contribution >= 4 is 34.2 Å². The standard InChI is InChI=1S/C11H14Cl2N2/c1-3-15(4-2)11(13)14-10-7-5-6-9(12)8-10/h5-8H,3-4H2,1-2H3. The lowest BCUT2D eigenvalue weighted by atomic mass is 10.3. The number of amidine groups is 1. The van der Waals surface area contributed by atoms with Gasteiger partial charge < -0.3 is 4.90 Å². The summed E-state index contributed by atoms with van der Waals surface area (Å²) in [6, 6.07) is 7.32. The Kier molecular flexibility index (Phi) is 4.92. The van der Waals surface area contributed by atoms with Gasteiger partial charge in [0.2, 0.25) is 0 Å². The summed E-state index contributed by atoms with van der Waals surface area (Å²) in [5.74, 6) is 0. The second-order valence-corrected chi connectivity index (χ2v) is 3.81. The molecule has 0 unspecified atom stereocenters. The summed E-state index contributed by atoms with van der Waals surface area (Å²) in [5.41, 5.74) is 0.777. The van der Waals surface area contributed by atoms with E-state index >= 15 is 0 Å². The van der Waals surface area contributed by atoms with Gasteiger partial charge in [0.15, 0.2) is 5.29 Å². The van der Waals surface area contributed by atoms with E-state index in [-0.39, 0.29) is 0 Å². The van der Waals surface area contributed by atoms with Crippen molar-refractivity contribution in [1.82, 2.24) is 4.90 Å².